The maximum absolute atomic E-state index is 13.4. The van der Waals surface area contributed by atoms with E-state index >= 15 is 0 Å². The van der Waals surface area contributed by atoms with Crippen molar-refractivity contribution in [2.75, 3.05) is 0 Å². The van der Waals surface area contributed by atoms with Gasteiger partial charge in [0.05, 0.1) is 10.0 Å². The lowest BCUT2D eigenvalue weighted by atomic mass is 10.1. The molecule has 0 spiro atoms. The van der Waals surface area contributed by atoms with Crippen LogP contribution in [0.15, 0.2) is 21.1 Å². The van der Waals surface area contributed by atoms with Crippen molar-refractivity contribution in [1.29, 1.82) is 0 Å². The van der Waals surface area contributed by atoms with Gasteiger partial charge in [0.1, 0.15) is 11.5 Å². The molecular formula is C10H5BrFNO5. The fourth-order valence-corrected chi connectivity index (χ4v) is 1.84. The molecule has 8 heteroatoms. The molecule has 0 saturated heterocycles. The summed E-state index contributed by atoms with van der Waals surface area (Å²) in [5.41, 5.74) is -0.310. The number of aromatic hydroxyl groups is 2. The molecule has 18 heavy (non-hydrogen) atoms. The number of carboxylic acids is 1. The predicted octanol–water partition coefficient (Wildman–Crippen LogP) is 2.35. The van der Waals surface area contributed by atoms with Crippen LogP contribution < -0.4 is 0 Å². The lowest BCUT2D eigenvalue weighted by Crippen LogP contribution is -1.91. The number of hydrogen-bond acceptors (Lipinski definition) is 5. The van der Waals surface area contributed by atoms with Crippen molar-refractivity contribution in [1.82, 2.24) is 5.16 Å². The molecule has 94 valence electrons. The van der Waals surface area contributed by atoms with Crippen LogP contribution in [0.25, 0.3) is 11.3 Å². The number of benzene rings is 1. The number of phenolic OH excluding ortho intramolecular Hbond substituents is 2. The molecule has 0 fully saturated rings. The molecule has 0 amide bonds. The number of aromatic carboxylic acids is 1. The molecule has 0 atom stereocenters. The summed E-state index contributed by atoms with van der Waals surface area (Å²) in [5.74, 6) is -3.98. The van der Waals surface area contributed by atoms with E-state index in [0.29, 0.717) is 6.07 Å². The highest BCUT2D eigenvalue weighted by molar-refractivity contribution is 9.10. The van der Waals surface area contributed by atoms with Crippen molar-refractivity contribution in [2.45, 2.75) is 0 Å². The van der Waals surface area contributed by atoms with Gasteiger partial charge in [-0.15, -0.1) is 0 Å². The summed E-state index contributed by atoms with van der Waals surface area (Å²) in [6.07, 6.45) is 0. The van der Waals surface area contributed by atoms with Gasteiger partial charge in [-0.3, -0.25) is 0 Å². The summed E-state index contributed by atoms with van der Waals surface area (Å²) >= 11 is 2.87. The van der Waals surface area contributed by atoms with Gasteiger partial charge in [-0.25, -0.2) is 9.18 Å². The number of halogens is 2. The molecule has 0 aliphatic heterocycles. The van der Waals surface area contributed by atoms with Crippen LogP contribution in [-0.2, 0) is 0 Å². The SMILES string of the molecule is O=C(O)c1cc(-c2c(O)c(O)cc(F)c2Br)no1. The molecular weight excluding hydrogens is 313 g/mol. The first-order chi connectivity index (χ1) is 8.41. The largest absolute Gasteiger partial charge is 0.504 e. The van der Waals surface area contributed by atoms with E-state index in [9.17, 15) is 19.4 Å². The maximum Gasteiger partial charge on any atom is 0.374 e. The van der Waals surface area contributed by atoms with Gasteiger partial charge in [-0.05, 0) is 15.9 Å². The Balaban J connectivity index is 2.66. The van der Waals surface area contributed by atoms with Gasteiger partial charge in [0.25, 0.3) is 0 Å². The Morgan fingerprint density at radius 1 is 1.39 bits per heavy atom. The maximum atomic E-state index is 13.4. The van der Waals surface area contributed by atoms with Gasteiger partial charge in [0.15, 0.2) is 11.5 Å². The summed E-state index contributed by atoms with van der Waals surface area (Å²) < 4.78 is 17.7. The summed E-state index contributed by atoms with van der Waals surface area (Å²) in [5, 5.41) is 31.0. The highest BCUT2D eigenvalue weighted by atomic mass is 79.9. The van der Waals surface area contributed by atoms with Crippen molar-refractivity contribution in [3.8, 4) is 22.8 Å². The molecule has 2 aromatic rings. The number of phenols is 2. The molecule has 0 aliphatic rings. The van der Waals surface area contributed by atoms with Crippen LogP contribution in [0.2, 0.25) is 0 Å². The quantitative estimate of drug-likeness (QED) is 0.734. The van der Waals surface area contributed by atoms with Crippen molar-refractivity contribution >= 4 is 21.9 Å². The highest BCUT2D eigenvalue weighted by Crippen LogP contribution is 2.42. The molecule has 0 bridgehead atoms. The Morgan fingerprint density at radius 3 is 2.61 bits per heavy atom. The Labute approximate surface area is 107 Å². The lowest BCUT2D eigenvalue weighted by molar-refractivity contribution is 0.0652. The molecule has 0 radical (unpaired) electrons. The smallest absolute Gasteiger partial charge is 0.374 e. The Morgan fingerprint density at radius 2 is 2.06 bits per heavy atom. The Kier molecular flexibility index (Phi) is 2.95. The molecule has 0 aliphatic carbocycles. The van der Waals surface area contributed by atoms with Gasteiger partial charge in [0, 0.05) is 12.1 Å². The molecule has 1 heterocycles. The van der Waals surface area contributed by atoms with E-state index in [4.69, 9.17) is 5.11 Å². The highest BCUT2D eigenvalue weighted by Gasteiger charge is 2.22. The van der Waals surface area contributed by atoms with Crippen molar-refractivity contribution in [3.63, 3.8) is 0 Å². The van der Waals surface area contributed by atoms with Crippen LogP contribution >= 0.6 is 15.9 Å². The van der Waals surface area contributed by atoms with Crippen molar-refractivity contribution < 1.29 is 29.0 Å². The molecule has 1 aromatic carbocycles. The number of rotatable bonds is 2. The fraction of sp³-hybridized carbons (Fsp3) is 0. The summed E-state index contributed by atoms with van der Waals surface area (Å²) in [6, 6.07) is 1.71. The van der Waals surface area contributed by atoms with E-state index in [1.807, 2.05) is 0 Å². The Hall–Kier alpha value is -2.09. The van der Waals surface area contributed by atoms with Crippen LogP contribution in [0.5, 0.6) is 11.5 Å². The molecule has 0 unspecified atom stereocenters. The third kappa shape index (κ3) is 1.90. The van der Waals surface area contributed by atoms with E-state index in [1.54, 1.807) is 0 Å². The second-order valence-corrected chi connectivity index (χ2v) is 4.09. The minimum Gasteiger partial charge on any atom is -0.504 e. The zero-order valence-electron chi connectivity index (χ0n) is 8.52. The normalized spacial score (nSPS) is 10.6. The first-order valence-electron chi connectivity index (χ1n) is 4.52. The first-order valence-corrected chi connectivity index (χ1v) is 5.31. The minimum absolute atomic E-state index is 0.119. The predicted molar refractivity (Wildman–Crippen MR) is 59.9 cm³/mol. The minimum atomic E-state index is -1.36. The summed E-state index contributed by atoms with van der Waals surface area (Å²) in [4.78, 5) is 10.6. The van der Waals surface area contributed by atoms with Gasteiger partial charge in [-0.2, -0.15) is 0 Å². The number of nitrogens with zero attached hydrogens (tertiary/aromatic N) is 1. The molecule has 1 aromatic heterocycles. The Bertz CT molecular complexity index is 613. The van der Waals surface area contributed by atoms with Crippen LogP contribution in [0.3, 0.4) is 0 Å². The summed E-state index contributed by atoms with van der Waals surface area (Å²) in [6.45, 7) is 0. The average molecular weight is 318 g/mol. The number of carbonyl (C=O) groups is 1. The summed E-state index contributed by atoms with van der Waals surface area (Å²) in [7, 11) is 0. The van der Waals surface area contributed by atoms with E-state index in [0.717, 1.165) is 6.07 Å². The van der Waals surface area contributed by atoms with Crippen molar-refractivity contribution in [3.05, 3.63) is 28.2 Å². The third-order valence-electron chi connectivity index (χ3n) is 2.15. The van der Waals surface area contributed by atoms with E-state index in [-0.39, 0.29) is 15.7 Å². The monoisotopic (exact) mass is 317 g/mol. The van der Waals surface area contributed by atoms with Crippen LogP contribution in [0.1, 0.15) is 10.6 Å². The zero-order chi connectivity index (χ0) is 13.4. The van der Waals surface area contributed by atoms with Crippen molar-refractivity contribution in [2.24, 2.45) is 0 Å². The fourth-order valence-electron chi connectivity index (χ4n) is 1.33. The number of hydrogen-bond donors (Lipinski definition) is 3. The standard InChI is InChI=1S/C10H5BrFNO5/c11-8-3(12)1-5(14)9(15)7(8)4-2-6(10(16)17)18-13-4/h1-2,14-15H,(H,16,17). The van der Waals surface area contributed by atoms with E-state index < -0.39 is 29.0 Å². The topological polar surface area (TPSA) is 104 Å². The van der Waals surface area contributed by atoms with Gasteiger partial charge < -0.3 is 19.8 Å². The van der Waals surface area contributed by atoms with Gasteiger partial charge in [0.2, 0.25) is 5.76 Å². The second kappa shape index (κ2) is 4.30. The van der Waals surface area contributed by atoms with Gasteiger partial charge >= 0.3 is 5.97 Å². The van der Waals surface area contributed by atoms with Crippen LogP contribution in [-0.4, -0.2) is 26.4 Å². The van der Waals surface area contributed by atoms with Crippen LogP contribution in [0, 0.1) is 5.82 Å². The first kappa shape index (κ1) is 12.4. The average Bonchev–Trinajstić information content (AvgIpc) is 2.76. The van der Waals surface area contributed by atoms with Gasteiger partial charge in [-0.1, -0.05) is 5.16 Å². The molecule has 3 N–H and O–H groups in total. The molecule has 6 nitrogen and oxygen atoms in total. The molecule has 2 rings (SSSR count). The number of aromatic nitrogens is 1. The van der Waals surface area contributed by atoms with E-state index in [2.05, 4.69) is 25.6 Å². The zero-order valence-corrected chi connectivity index (χ0v) is 10.1. The lowest BCUT2D eigenvalue weighted by Gasteiger charge is -2.06. The number of carboxylic acid groups (broad SMARTS) is 1. The second-order valence-electron chi connectivity index (χ2n) is 3.30. The van der Waals surface area contributed by atoms with E-state index in [1.165, 1.54) is 0 Å². The van der Waals surface area contributed by atoms with Crippen LogP contribution in [0.4, 0.5) is 4.39 Å². The molecule has 0 saturated carbocycles. The third-order valence-corrected chi connectivity index (χ3v) is 2.92.